The number of hydrogen-bond donors (Lipinski definition) is 1. The summed E-state index contributed by atoms with van der Waals surface area (Å²) < 4.78 is 10.8. The summed E-state index contributed by atoms with van der Waals surface area (Å²) in [6, 6.07) is 3.27. The van der Waals surface area contributed by atoms with Gasteiger partial charge in [0.15, 0.2) is 0 Å². The lowest BCUT2D eigenvalue weighted by molar-refractivity contribution is 0.0319. The third-order valence-corrected chi connectivity index (χ3v) is 2.79. The molecule has 0 unspecified atom stereocenters. The van der Waals surface area contributed by atoms with E-state index in [0.29, 0.717) is 18.1 Å². The second kappa shape index (κ2) is 6.32. The number of primary amides is 1. The predicted molar refractivity (Wildman–Crippen MR) is 65.5 cm³/mol. The van der Waals surface area contributed by atoms with Gasteiger partial charge in [-0.25, -0.2) is 4.98 Å². The molecular formula is C12H17N3O3. The second-order valence-corrected chi connectivity index (χ2v) is 4.02. The molecule has 1 aromatic heterocycles. The number of carbonyl (C=O) groups is 1. The lowest BCUT2D eigenvalue weighted by Crippen LogP contribution is -2.38. The molecule has 6 heteroatoms. The van der Waals surface area contributed by atoms with Gasteiger partial charge in [0.2, 0.25) is 5.88 Å². The molecule has 1 aromatic rings. The summed E-state index contributed by atoms with van der Waals surface area (Å²) in [6.07, 6.45) is 1.58. The molecule has 0 aliphatic carbocycles. The Balaban J connectivity index is 1.84. The lowest BCUT2D eigenvalue weighted by atomic mass is 10.2. The van der Waals surface area contributed by atoms with Crippen LogP contribution in [0.2, 0.25) is 0 Å². The second-order valence-electron chi connectivity index (χ2n) is 4.02. The average Bonchev–Trinajstić information content (AvgIpc) is 2.40. The Labute approximate surface area is 106 Å². The number of pyridine rings is 1. The van der Waals surface area contributed by atoms with Crippen LogP contribution in [0.1, 0.15) is 10.4 Å². The Kier molecular flexibility index (Phi) is 4.49. The smallest absolute Gasteiger partial charge is 0.254 e. The van der Waals surface area contributed by atoms with Crippen LogP contribution >= 0.6 is 0 Å². The minimum atomic E-state index is -0.524. The third kappa shape index (κ3) is 3.41. The molecule has 0 aromatic carbocycles. The molecule has 1 aliphatic heterocycles. The number of carbonyl (C=O) groups excluding carboxylic acids is 1. The van der Waals surface area contributed by atoms with Gasteiger partial charge >= 0.3 is 0 Å². The first kappa shape index (κ1) is 12.8. The van der Waals surface area contributed by atoms with E-state index < -0.39 is 5.91 Å². The number of morpholine rings is 1. The predicted octanol–water partition coefficient (Wildman–Crippen LogP) is -0.109. The molecule has 1 fully saturated rings. The quantitative estimate of drug-likeness (QED) is 0.790. The van der Waals surface area contributed by atoms with E-state index in [-0.39, 0.29) is 0 Å². The third-order valence-electron chi connectivity index (χ3n) is 2.79. The number of ether oxygens (including phenoxy) is 2. The van der Waals surface area contributed by atoms with Crippen LogP contribution < -0.4 is 10.5 Å². The molecule has 1 amide bonds. The van der Waals surface area contributed by atoms with Gasteiger partial charge in [0.1, 0.15) is 12.2 Å². The molecule has 1 aliphatic rings. The van der Waals surface area contributed by atoms with E-state index in [9.17, 15) is 4.79 Å². The number of amides is 1. The van der Waals surface area contributed by atoms with Crippen LogP contribution in [0.25, 0.3) is 0 Å². The van der Waals surface area contributed by atoms with E-state index in [1.807, 2.05) is 0 Å². The van der Waals surface area contributed by atoms with Gasteiger partial charge in [-0.3, -0.25) is 9.69 Å². The van der Waals surface area contributed by atoms with Crippen molar-refractivity contribution in [3.63, 3.8) is 0 Å². The highest BCUT2D eigenvalue weighted by molar-refractivity contribution is 5.94. The number of nitrogens with two attached hydrogens (primary N) is 1. The summed E-state index contributed by atoms with van der Waals surface area (Å²) in [5.74, 6) is -0.220. The molecule has 0 bridgehead atoms. The molecule has 2 N–H and O–H groups in total. The van der Waals surface area contributed by atoms with E-state index in [2.05, 4.69) is 9.88 Å². The van der Waals surface area contributed by atoms with Crippen LogP contribution in [-0.2, 0) is 4.74 Å². The molecule has 2 rings (SSSR count). The fourth-order valence-corrected chi connectivity index (χ4v) is 1.79. The summed E-state index contributed by atoms with van der Waals surface area (Å²) in [5.41, 5.74) is 5.56. The van der Waals surface area contributed by atoms with Gasteiger partial charge in [0.05, 0.1) is 13.2 Å². The Hall–Kier alpha value is -1.66. The molecule has 0 atom stereocenters. The first-order valence-corrected chi connectivity index (χ1v) is 5.95. The van der Waals surface area contributed by atoms with Crippen LogP contribution in [0.3, 0.4) is 0 Å². The van der Waals surface area contributed by atoms with E-state index >= 15 is 0 Å². The van der Waals surface area contributed by atoms with Gasteiger partial charge in [-0.15, -0.1) is 0 Å². The standard InChI is InChI=1S/C12H17N3O3/c13-11(16)10-2-1-3-14-12(10)18-9-6-15-4-7-17-8-5-15/h1-3H,4-9H2,(H2,13,16). The van der Waals surface area contributed by atoms with E-state index in [0.717, 1.165) is 32.8 Å². The van der Waals surface area contributed by atoms with Crippen molar-refractivity contribution in [1.82, 2.24) is 9.88 Å². The maximum atomic E-state index is 11.2. The van der Waals surface area contributed by atoms with Crippen molar-refractivity contribution in [1.29, 1.82) is 0 Å². The zero-order chi connectivity index (χ0) is 12.8. The zero-order valence-corrected chi connectivity index (χ0v) is 10.2. The molecule has 6 nitrogen and oxygen atoms in total. The number of aromatic nitrogens is 1. The number of hydrogen-bond acceptors (Lipinski definition) is 5. The van der Waals surface area contributed by atoms with Crippen molar-refractivity contribution in [3.8, 4) is 5.88 Å². The summed E-state index contributed by atoms with van der Waals surface area (Å²) in [5, 5.41) is 0. The average molecular weight is 251 g/mol. The molecule has 98 valence electrons. The summed E-state index contributed by atoms with van der Waals surface area (Å²) >= 11 is 0. The van der Waals surface area contributed by atoms with Crippen LogP contribution in [-0.4, -0.2) is 55.2 Å². The SMILES string of the molecule is NC(=O)c1cccnc1OCCN1CCOCC1. The monoisotopic (exact) mass is 251 g/mol. The van der Waals surface area contributed by atoms with Gasteiger partial charge in [-0.2, -0.15) is 0 Å². The molecule has 0 saturated carbocycles. The van der Waals surface area contributed by atoms with Gasteiger partial charge in [0.25, 0.3) is 5.91 Å². The molecular weight excluding hydrogens is 234 g/mol. The molecule has 1 saturated heterocycles. The highest BCUT2D eigenvalue weighted by atomic mass is 16.5. The fraction of sp³-hybridized carbons (Fsp3) is 0.500. The summed E-state index contributed by atoms with van der Waals surface area (Å²) in [7, 11) is 0. The number of rotatable bonds is 5. The Morgan fingerprint density at radius 3 is 3.00 bits per heavy atom. The maximum Gasteiger partial charge on any atom is 0.254 e. The molecule has 2 heterocycles. The number of nitrogens with zero attached hydrogens (tertiary/aromatic N) is 2. The lowest BCUT2D eigenvalue weighted by Gasteiger charge is -2.26. The maximum absolute atomic E-state index is 11.2. The van der Waals surface area contributed by atoms with Gasteiger partial charge in [-0.1, -0.05) is 0 Å². The van der Waals surface area contributed by atoms with E-state index in [1.165, 1.54) is 0 Å². The van der Waals surface area contributed by atoms with Crippen molar-refractivity contribution in [2.75, 3.05) is 39.5 Å². The van der Waals surface area contributed by atoms with Gasteiger partial charge in [-0.05, 0) is 12.1 Å². The first-order valence-electron chi connectivity index (χ1n) is 5.95. The Morgan fingerprint density at radius 1 is 1.50 bits per heavy atom. The fourth-order valence-electron chi connectivity index (χ4n) is 1.79. The molecule has 0 spiro atoms. The normalized spacial score (nSPS) is 16.4. The Morgan fingerprint density at radius 2 is 2.28 bits per heavy atom. The molecule has 18 heavy (non-hydrogen) atoms. The van der Waals surface area contributed by atoms with Crippen molar-refractivity contribution in [2.24, 2.45) is 5.73 Å². The minimum absolute atomic E-state index is 0.304. The first-order chi connectivity index (χ1) is 8.77. The van der Waals surface area contributed by atoms with Crippen LogP contribution in [0.4, 0.5) is 0 Å². The largest absolute Gasteiger partial charge is 0.476 e. The van der Waals surface area contributed by atoms with Crippen molar-refractivity contribution in [3.05, 3.63) is 23.9 Å². The van der Waals surface area contributed by atoms with E-state index in [1.54, 1.807) is 18.3 Å². The zero-order valence-electron chi connectivity index (χ0n) is 10.2. The summed E-state index contributed by atoms with van der Waals surface area (Å²) in [6.45, 7) is 4.62. The molecule has 0 radical (unpaired) electrons. The minimum Gasteiger partial charge on any atom is -0.476 e. The van der Waals surface area contributed by atoms with Crippen LogP contribution in [0.5, 0.6) is 5.88 Å². The van der Waals surface area contributed by atoms with Gasteiger partial charge < -0.3 is 15.2 Å². The van der Waals surface area contributed by atoms with Crippen LogP contribution in [0, 0.1) is 0 Å². The summed E-state index contributed by atoms with van der Waals surface area (Å²) in [4.78, 5) is 17.4. The highest BCUT2D eigenvalue weighted by Gasteiger charge is 2.12. The van der Waals surface area contributed by atoms with Crippen LogP contribution in [0.15, 0.2) is 18.3 Å². The van der Waals surface area contributed by atoms with Gasteiger partial charge in [0, 0.05) is 25.8 Å². The Bertz CT molecular complexity index is 405. The van der Waals surface area contributed by atoms with Crippen molar-refractivity contribution >= 4 is 5.91 Å². The highest BCUT2D eigenvalue weighted by Crippen LogP contribution is 2.13. The topological polar surface area (TPSA) is 77.7 Å². The van der Waals surface area contributed by atoms with Crippen molar-refractivity contribution in [2.45, 2.75) is 0 Å². The van der Waals surface area contributed by atoms with Crippen molar-refractivity contribution < 1.29 is 14.3 Å². The van der Waals surface area contributed by atoms with E-state index in [4.69, 9.17) is 15.2 Å².